The largest absolute Gasteiger partial charge is 0.481 e. The Hall–Kier alpha value is -4.99. The van der Waals surface area contributed by atoms with E-state index in [9.17, 15) is 47.9 Å². The van der Waals surface area contributed by atoms with Gasteiger partial charge in [0, 0.05) is 19.3 Å². The molecule has 21 nitrogen and oxygen atoms in total. The van der Waals surface area contributed by atoms with Crippen molar-refractivity contribution in [1.29, 1.82) is 0 Å². The Bertz CT molecular complexity index is 1220. The molecule has 0 saturated carbocycles. The number of rotatable bonds is 25. The molecule has 0 aliphatic carbocycles. The van der Waals surface area contributed by atoms with Crippen molar-refractivity contribution in [3.8, 4) is 0 Å². The highest BCUT2D eigenvalue weighted by Gasteiger charge is 2.32. The van der Waals surface area contributed by atoms with Gasteiger partial charge in [-0.25, -0.2) is 0 Å². The second-order valence-electron chi connectivity index (χ2n) is 10.1. The molecular formula is C26H40N6O15S. The third-order valence-electron chi connectivity index (χ3n) is 6.23. The lowest BCUT2D eigenvalue weighted by Gasteiger charge is -2.26. The van der Waals surface area contributed by atoms with Crippen molar-refractivity contribution in [2.24, 2.45) is 5.73 Å². The van der Waals surface area contributed by atoms with Gasteiger partial charge >= 0.3 is 29.8 Å². The Balaban J connectivity index is 6.13. The summed E-state index contributed by atoms with van der Waals surface area (Å²) in [5.41, 5.74) is 5.52. The fraction of sp³-hybridized carbons (Fsp3) is 0.615. The lowest BCUT2D eigenvalue weighted by Crippen LogP contribution is -2.59. The molecule has 5 amide bonds. The van der Waals surface area contributed by atoms with E-state index >= 15 is 0 Å². The number of hydrogen-bond donors (Lipinski definition) is 11. The van der Waals surface area contributed by atoms with Gasteiger partial charge in [0.1, 0.15) is 30.7 Å². The number of hydrogen-bond acceptors (Lipinski definition) is 12. The van der Waals surface area contributed by atoms with Crippen molar-refractivity contribution in [2.45, 2.75) is 81.6 Å². The predicted octanol–water partition coefficient (Wildman–Crippen LogP) is -3.72. The molecule has 270 valence electrons. The van der Waals surface area contributed by atoms with Crippen LogP contribution in [0.5, 0.6) is 0 Å². The molecule has 0 rings (SSSR count). The predicted molar refractivity (Wildman–Crippen MR) is 162 cm³/mol. The number of carboxylic acids is 5. The van der Waals surface area contributed by atoms with Crippen LogP contribution in [-0.4, -0.2) is 134 Å². The van der Waals surface area contributed by atoms with Gasteiger partial charge in [-0.1, -0.05) is 0 Å². The van der Waals surface area contributed by atoms with Crippen molar-refractivity contribution < 1.29 is 73.5 Å². The molecule has 0 unspecified atom stereocenters. The second-order valence-corrected chi connectivity index (χ2v) is 11.1. The van der Waals surface area contributed by atoms with Gasteiger partial charge in [0.05, 0.1) is 12.5 Å². The maximum Gasteiger partial charge on any atom is 0.322 e. The third kappa shape index (κ3) is 18.9. The minimum absolute atomic E-state index is 0.0943. The van der Waals surface area contributed by atoms with E-state index < -0.39 is 141 Å². The van der Waals surface area contributed by atoms with Gasteiger partial charge in [0.25, 0.3) is 0 Å². The van der Waals surface area contributed by atoms with E-state index in [1.54, 1.807) is 6.26 Å². The van der Waals surface area contributed by atoms with Crippen LogP contribution in [0.15, 0.2) is 0 Å². The SMILES string of the molecule is CSCC[C@H](NC(=O)[C@H](CCC(=O)O)NC(=O)[C@@H](N)CC(=O)O)C(=O)N[C@@H](CCC(=O)O)C(=O)N[C@@H](CCC(=O)O)C(=O)NCC(=O)O. The first-order valence-corrected chi connectivity index (χ1v) is 15.6. The Labute approximate surface area is 277 Å². The zero-order valence-corrected chi connectivity index (χ0v) is 26.6. The van der Waals surface area contributed by atoms with Gasteiger partial charge < -0.3 is 57.9 Å². The number of carbonyl (C=O) groups is 10. The molecule has 0 aliphatic heterocycles. The zero-order chi connectivity index (χ0) is 37.0. The summed E-state index contributed by atoms with van der Waals surface area (Å²) in [4.78, 5) is 120. The number of thioether (sulfide) groups is 1. The molecule has 0 spiro atoms. The molecule has 0 aromatic rings. The number of carbonyl (C=O) groups excluding carboxylic acids is 5. The quantitative estimate of drug-likeness (QED) is 0.0434. The smallest absolute Gasteiger partial charge is 0.322 e. The van der Waals surface area contributed by atoms with Gasteiger partial charge in [-0.3, -0.25) is 47.9 Å². The summed E-state index contributed by atoms with van der Waals surface area (Å²) in [5.74, 6) is -12.1. The van der Waals surface area contributed by atoms with Crippen molar-refractivity contribution in [1.82, 2.24) is 26.6 Å². The van der Waals surface area contributed by atoms with Crippen LogP contribution < -0.4 is 32.3 Å². The molecule has 0 saturated heterocycles. The normalized spacial score (nSPS) is 13.7. The standard InChI is InChI=1S/C26H40N6O15S/c1-48-9-8-16(32-24(45)14(3-6-18(35)36)29-22(43)12(27)10-20(39)40)26(47)31-15(4-7-19(37)38)25(46)30-13(2-5-17(33)34)23(44)28-11-21(41)42/h12-16H,2-11,27H2,1H3,(H,28,44)(H,29,43)(H,30,46)(H,31,47)(H,32,45)(H,33,34)(H,35,36)(H,37,38)(H,39,40)(H,41,42)/t12-,13-,14-,15-,16-/m0/s1. The minimum Gasteiger partial charge on any atom is -0.481 e. The average molecular weight is 709 g/mol. The summed E-state index contributed by atoms with van der Waals surface area (Å²) in [6.45, 7) is -0.867. The summed E-state index contributed by atoms with van der Waals surface area (Å²) in [5, 5.41) is 55.8. The first-order valence-electron chi connectivity index (χ1n) is 14.2. The fourth-order valence-corrected chi connectivity index (χ4v) is 4.25. The fourth-order valence-electron chi connectivity index (χ4n) is 3.78. The topological polar surface area (TPSA) is 358 Å². The first-order chi connectivity index (χ1) is 22.4. The van der Waals surface area contributed by atoms with E-state index in [1.807, 2.05) is 5.32 Å². The van der Waals surface area contributed by atoms with E-state index in [0.29, 0.717) is 0 Å². The van der Waals surface area contributed by atoms with Crippen molar-refractivity contribution in [3.63, 3.8) is 0 Å². The van der Waals surface area contributed by atoms with Crippen LogP contribution in [0.1, 0.15) is 51.4 Å². The Morgan fingerprint density at radius 2 is 0.875 bits per heavy atom. The van der Waals surface area contributed by atoms with Crippen LogP contribution in [0.3, 0.4) is 0 Å². The van der Waals surface area contributed by atoms with Gasteiger partial charge in [-0.15, -0.1) is 0 Å². The maximum atomic E-state index is 13.3. The summed E-state index contributed by atoms with van der Waals surface area (Å²) in [6.07, 6.45) is -2.73. The summed E-state index contributed by atoms with van der Waals surface area (Å²) < 4.78 is 0. The number of amides is 5. The molecule has 0 fully saturated rings. The van der Waals surface area contributed by atoms with Gasteiger partial charge in [-0.2, -0.15) is 11.8 Å². The Morgan fingerprint density at radius 3 is 1.21 bits per heavy atom. The van der Waals surface area contributed by atoms with E-state index in [4.69, 9.17) is 31.3 Å². The molecule has 0 aromatic carbocycles. The van der Waals surface area contributed by atoms with Crippen molar-refractivity contribution >= 4 is 71.1 Å². The van der Waals surface area contributed by atoms with E-state index in [0.717, 1.165) is 0 Å². The van der Waals surface area contributed by atoms with Crippen LogP contribution in [-0.2, 0) is 47.9 Å². The highest BCUT2D eigenvalue weighted by Crippen LogP contribution is 2.08. The van der Waals surface area contributed by atoms with Crippen LogP contribution >= 0.6 is 11.8 Å². The lowest BCUT2D eigenvalue weighted by molar-refractivity contribution is -0.140. The molecule has 0 radical (unpaired) electrons. The number of nitrogens with two attached hydrogens (primary N) is 1. The lowest BCUT2D eigenvalue weighted by atomic mass is 10.1. The average Bonchev–Trinajstić information content (AvgIpc) is 2.98. The van der Waals surface area contributed by atoms with Crippen LogP contribution in [0.2, 0.25) is 0 Å². The van der Waals surface area contributed by atoms with Crippen LogP contribution in [0, 0.1) is 0 Å². The van der Waals surface area contributed by atoms with Crippen LogP contribution in [0.4, 0.5) is 0 Å². The molecular weight excluding hydrogens is 668 g/mol. The summed E-state index contributed by atoms with van der Waals surface area (Å²) >= 11 is 1.24. The highest BCUT2D eigenvalue weighted by molar-refractivity contribution is 7.98. The van der Waals surface area contributed by atoms with Gasteiger partial charge in [-0.05, 0) is 37.7 Å². The maximum absolute atomic E-state index is 13.3. The first kappa shape index (κ1) is 43.0. The third-order valence-corrected chi connectivity index (χ3v) is 6.87. The Morgan fingerprint density at radius 1 is 0.521 bits per heavy atom. The summed E-state index contributed by atoms with van der Waals surface area (Å²) in [7, 11) is 0. The van der Waals surface area contributed by atoms with Gasteiger partial charge in [0.15, 0.2) is 0 Å². The summed E-state index contributed by atoms with van der Waals surface area (Å²) in [6, 6.07) is -7.92. The molecule has 22 heteroatoms. The molecule has 0 bridgehead atoms. The monoisotopic (exact) mass is 708 g/mol. The van der Waals surface area contributed by atoms with E-state index in [-0.39, 0.29) is 12.2 Å². The van der Waals surface area contributed by atoms with Gasteiger partial charge in [0.2, 0.25) is 29.5 Å². The number of aliphatic carboxylic acids is 5. The number of carboxylic acid groups (broad SMARTS) is 5. The van der Waals surface area contributed by atoms with Crippen molar-refractivity contribution in [3.05, 3.63) is 0 Å². The second kappa shape index (κ2) is 22.5. The molecule has 12 N–H and O–H groups in total. The van der Waals surface area contributed by atoms with E-state index in [2.05, 4.69) is 21.3 Å². The van der Waals surface area contributed by atoms with Crippen molar-refractivity contribution in [2.75, 3.05) is 18.6 Å². The zero-order valence-electron chi connectivity index (χ0n) is 25.8. The van der Waals surface area contributed by atoms with Crippen LogP contribution in [0.25, 0.3) is 0 Å². The number of nitrogens with one attached hydrogen (secondary N) is 5. The minimum atomic E-state index is -1.67. The molecule has 0 heterocycles. The Kier molecular flexibility index (Phi) is 20.2. The molecule has 5 atom stereocenters. The molecule has 0 aliphatic rings. The molecule has 0 aromatic heterocycles. The highest BCUT2D eigenvalue weighted by atomic mass is 32.2. The molecule has 48 heavy (non-hydrogen) atoms. The van der Waals surface area contributed by atoms with E-state index in [1.165, 1.54) is 11.8 Å².